The summed E-state index contributed by atoms with van der Waals surface area (Å²) in [6, 6.07) is 12.1. The lowest BCUT2D eigenvalue weighted by Gasteiger charge is -1.98. The first-order valence-corrected chi connectivity index (χ1v) is 5.04. The van der Waals surface area contributed by atoms with Crippen molar-refractivity contribution >= 4 is 22.5 Å². The molecule has 0 atom stereocenters. The zero-order chi connectivity index (χ0) is 9.80. The Morgan fingerprint density at radius 2 is 1.93 bits per heavy atom. The lowest BCUT2D eigenvalue weighted by molar-refractivity contribution is -0.870. The fourth-order valence-corrected chi connectivity index (χ4v) is 1.45. The van der Waals surface area contributed by atoms with Gasteiger partial charge in [-0.2, -0.15) is 0 Å². The van der Waals surface area contributed by atoms with E-state index in [1.54, 1.807) is 4.73 Å². The summed E-state index contributed by atoms with van der Waals surface area (Å²) in [5.41, 5.74) is 1.06. The van der Waals surface area contributed by atoms with Crippen molar-refractivity contribution in [2.24, 2.45) is 0 Å². The van der Waals surface area contributed by atoms with Crippen molar-refractivity contribution in [1.29, 1.82) is 0 Å². The van der Waals surface area contributed by atoms with E-state index in [1.165, 1.54) is 0 Å². The minimum absolute atomic E-state index is 0.496. The van der Waals surface area contributed by atoms with Crippen LogP contribution in [0, 0.1) is 0 Å². The van der Waals surface area contributed by atoms with Crippen molar-refractivity contribution < 1.29 is 9.57 Å². The second-order valence-corrected chi connectivity index (χ2v) is 3.29. The number of para-hydroxylation sites is 1. The molecule has 14 heavy (non-hydrogen) atoms. The molecule has 1 aromatic carbocycles. The molecule has 0 fully saturated rings. The van der Waals surface area contributed by atoms with Crippen molar-refractivity contribution in [2.45, 2.75) is 0 Å². The summed E-state index contributed by atoms with van der Waals surface area (Å²) in [6.07, 6.45) is 1.88. The molecule has 0 unspecified atom stereocenters. The smallest absolute Gasteiger partial charge is 0.264 e. The lowest BCUT2D eigenvalue weighted by atomic mass is 10.2. The molecule has 72 valence electrons. The van der Waals surface area contributed by atoms with E-state index in [0.29, 0.717) is 12.5 Å². The molecular formula is C11H11ClNO+. The van der Waals surface area contributed by atoms with Gasteiger partial charge in [-0.1, -0.05) is 12.1 Å². The molecule has 0 aliphatic carbocycles. The number of alkyl halides is 1. The summed E-state index contributed by atoms with van der Waals surface area (Å²) in [5.74, 6) is 0.496. The van der Waals surface area contributed by atoms with Gasteiger partial charge >= 0.3 is 0 Å². The third-order valence-corrected chi connectivity index (χ3v) is 2.13. The van der Waals surface area contributed by atoms with E-state index in [2.05, 4.69) is 12.1 Å². The Kier molecular flexibility index (Phi) is 2.84. The quantitative estimate of drug-likeness (QED) is 0.554. The van der Waals surface area contributed by atoms with Crippen LogP contribution in [0.5, 0.6) is 0 Å². The standard InChI is InChI=1S/C11H11ClNO/c12-7-9-14-13-8-3-5-10-4-1-2-6-11(10)13/h1-6,8H,7,9H2/q+1. The Bertz CT molecular complexity index is 425. The number of nitrogens with zero attached hydrogens (tertiary/aromatic N) is 1. The molecule has 0 aliphatic heterocycles. The number of benzene rings is 1. The van der Waals surface area contributed by atoms with Crippen molar-refractivity contribution in [1.82, 2.24) is 0 Å². The topological polar surface area (TPSA) is 13.1 Å². The van der Waals surface area contributed by atoms with Gasteiger partial charge in [-0.05, 0) is 12.1 Å². The Morgan fingerprint density at radius 1 is 1.14 bits per heavy atom. The monoisotopic (exact) mass is 208 g/mol. The minimum atomic E-state index is 0.496. The molecule has 2 rings (SSSR count). The summed E-state index contributed by atoms with van der Waals surface area (Å²) in [5, 5.41) is 1.16. The highest BCUT2D eigenvalue weighted by molar-refractivity contribution is 6.17. The van der Waals surface area contributed by atoms with Crippen LogP contribution in [-0.4, -0.2) is 12.5 Å². The maximum atomic E-state index is 5.56. The van der Waals surface area contributed by atoms with Crippen LogP contribution in [0.3, 0.4) is 0 Å². The van der Waals surface area contributed by atoms with E-state index in [-0.39, 0.29) is 0 Å². The first-order valence-electron chi connectivity index (χ1n) is 4.50. The van der Waals surface area contributed by atoms with E-state index in [9.17, 15) is 0 Å². The molecule has 0 amide bonds. The van der Waals surface area contributed by atoms with Crippen LogP contribution in [0.25, 0.3) is 10.9 Å². The maximum absolute atomic E-state index is 5.56. The number of aromatic nitrogens is 1. The largest absolute Gasteiger partial charge is 0.270 e. The Balaban J connectivity index is 2.43. The van der Waals surface area contributed by atoms with Crippen LogP contribution in [0.1, 0.15) is 0 Å². The Hall–Kier alpha value is -1.28. The first kappa shape index (κ1) is 9.28. The summed E-state index contributed by atoms with van der Waals surface area (Å²) < 4.78 is 1.75. The van der Waals surface area contributed by atoms with Gasteiger partial charge in [-0.25, -0.2) is 0 Å². The average Bonchev–Trinajstić information content (AvgIpc) is 2.26. The predicted molar refractivity (Wildman–Crippen MR) is 56.3 cm³/mol. The van der Waals surface area contributed by atoms with Gasteiger partial charge < -0.3 is 0 Å². The van der Waals surface area contributed by atoms with E-state index in [1.807, 2.05) is 30.5 Å². The SMILES string of the molecule is ClCCO[n+]1cccc2ccccc21. The highest BCUT2D eigenvalue weighted by Gasteiger charge is 2.07. The lowest BCUT2D eigenvalue weighted by Crippen LogP contribution is -2.43. The summed E-state index contributed by atoms with van der Waals surface area (Å²) >= 11 is 5.56. The van der Waals surface area contributed by atoms with Crippen molar-refractivity contribution in [2.75, 3.05) is 12.5 Å². The molecule has 3 heteroatoms. The second kappa shape index (κ2) is 4.29. The van der Waals surface area contributed by atoms with Crippen LogP contribution in [-0.2, 0) is 0 Å². The minimum Gasteiger partial charge on any atom is -0.270 e. The van der Waals surface area contributed by atoms with Gasteiger partial charge in [0.05, 0.1) is 11.3 Å². The Morgan fingerprint density at radius 3 is 2.79 bits per heavy atom. The van der Waals surface area contributed by atoms with Crippen molar-refractivity contribution in [3.63, 3.8) is 0 Å². The van der Waals surface area contributed by atoms with Gasteiger partial charge in [-0.3, -0.25) is 4.84 Å². The van der Waals surface area contributed by atoms with E-state index in [4.69, 9.17) is 16.4 Å². The van der Waals surface area contributed by atoms with E-state index in [0.717, 1.165) is 10.9 Å². The molecule has 0 saturated carbocycles. The molecule has 1 aromatic heterocycles. The van der Waals surface area contributed by atoms with Gasteiger partial charge in [0.1, 0.15) is 0 Å². The summed E-state index contributed by atoms with van der Waals surface area (Å²) in [7, 11) is 0. The van der Waals surface area contributed by atoms with Gasteiger partial charge in [0.25, 0.3) is 5.52 Å². The number of halogens is 1. The molecule has 2 aromatic rings. The fraction of sp³-hybridized carbons (Fsp3) is 0.182. The Labute approximate surface area is 87.6 Å². The predicted octanol–water partition coefficient (Wildman–Crippen LogP) is 1.79. The highest BCUT2D eigenvalue weighted by atomic mass is 35.5. The van der Waals surface area contributed by atoms with Crippen LogP contribution >= 0.6 is 11.6 Å². The molecule has 1 heterocycles. The first-order chi connectivity index (χ1) is 6.92. The summed E-state index contributed by atoms with van der Waals surface area (Å²) in [4.78, 5) is 5.45. The third-order valence-electron chi connectivity index (χ3n) is 1.98. The highest BCUT2D eigenvalue weighted by Crippen LogP contribution is 2.06. The maximum Gasteiger partial charge on any atom is 0.264 e. The second-order valence-electron chi connectivity index (χ2n) is 2.92. The van der Waals surface area contributed by atoms with Gasteiger partial charge in [-0.15, -0.1) is 11.6 Å². The number of hydrogen-bond acceptors (Lipinski definition) is 1. The zero-order valence-electron chi connectivity index (χ0n) is 7.69. The van der Waals surface area contributed by atoms with Gasteiger partial charge in [0.15, 0.2) is 6.61 Å². The van der Waals surface area contributed by atoms with E-state index < -0.39 is 0 Å². The molecule has 0 saturated heterocycles. The van der Waals surface area contributed by atoms with Gasteiger partial charge in [0, 0.05) is 16.9 Å². The molecule has 0 radical (unpaired) electrons. The summed E-state index contributed by atoms with van der Waals surface area (Å²) in [6.45, 7) is 0.514. The molecule has 0 N–H and O–H groups in total. The normalized spacial score (nSPS) is 10.4. The van der Waals surface area contributed by atoms with Crippen LogP contribution < -0.4 is 9.57 Å². The zero-order valence-corrected chi connectivity index (χ0v) is 8.45. The third kappa shape index (κ3) is 1.80. The number of hydrogen-bond donors (Lipinski definition) is 0. The molecule has 0 aliphatic rings. The van der Waals surface area contributed by atoms with Crippen LogP contribution in [0.4, 0.5) is 0 Å². The molecule has 2 nitrogen and oxygen atoms in total. The molecule has 0 spiro atoms. The van der Waals surface area contributed by atoms with Gasteiger partial charge in [0.2, 0.25) is 6.20 Å². The number of pyridine rings is 1. The van der Waals surface area contributed by atoms with Crippen molar-refractivity contribution in [3.05, 3.63) is 42.6 Å². The molecular weight excluding hydrogens is 198 g/mol. The average molecular weight is 209 g/mol. The number of rotatable bonds is 3. The van der Waals surface area contributed by atoms with E-state index >= 15 is 0 Å². The number of fused-ring (bicyclic) bond motifs is 1. The van der Waals surface area contributed by atoms with Crippen LogP contribution in [0.15, 0.2) is 42.6 Å². The van der Waals surface area contributed by atoms with Crippen molar-refractivity contribution in [3.8, 4) is 0 Å². The molecule has 0 bridgehead atoms. The fourth-order valence-electron chi connectivity index (χ4n) is 1.38. The van der Waals surface area contributed by atoms with Crippen LogP contribution in [0.2, 0.25) is 0 Å².